The molecule has 90 heavy (non-hydrogen) atoms. The van der Waals surface area contributed by atoms with Gasteiger partial charge in [-0.15, -0.1) is 0 Å². The van der Waals surface area contributed by atoms with Crippen LogP contribution in [0.2, 0.25) is 0 Å². The molecule has 3 aromatic heterocycles. The summed E-state index contributed by atoms with van der Waals surface area (Å²) in [6.07, 6.45) is 0. The molecule has 0 atom stereocenters. The fourth-order valence-electron chi connectivity index (χ4n) is 12.6. The van der Waals surface area contributed by atoms with E-state index in [1.807, 2.05) is 97.1 Å². The first-order valence-electron chi connectivity index (χ1n) is 30.8. The van der Waals surface area contributed by atoms with Crippen molar-refractivity contribution in [3.8, 4) is 91.1 Å². The predicted molar refractivity (Wildman–Crippen MR) is 372 cm³/mol. The summed E-state index contributed by atoms with van der Waals surface area (Å²) in [4.78, 5) is 20.5. The van der Waals surface area contributed by atoms with Gasteiger partial charge in [0.25, 0.3) is 0 Å². The number of benzene rings is 10. The maximum Gasteiger partial charge on any atom is 0.187 e. The van der Waals surface area contributed by atoms with Gasteiger partial charge in [-0.05, 0) is 181 Å². The lowest BCUT2D eigenvalue weighted by molar-refractivity contribution is 0.590. The van der Waals surface area contributed by atoms with Crippen molar-refractivity contribution in [1.82, 2.24) is 24.1 Å². The minimum Gasteiger partial charge on any atom is -0.309 e. The third kappa shape index (κ3) is 10.5. The van der Waals surface area contributed by atoms with Gasteiger partial charge in [0, 0.05) is 55.2 Å². The van der Waals surface area contributed by atoms with Crippen molar-refractivity contribution in [2.24, 2.45) is 0 Å². The van der Waals surface area contributed by atoms with E-state index >= 15 is 0 Å². The fraction of sp³-hybridized carbons (Fsp3) is 0.195. The Morgan fingerprint density at radius 2 is 0.722 bits per heavy atom. The van der Waals surface area contributed by atoms with Gasteiger partial charge < -0.3 is 9.13 Å². The quantitative estimate of drug-likeness (QED) is 0.141. The fourth-order valence-corrected chi connectivity index (χ4v) is 12.6. The minimum absolute atomic E-state index is 0.0712. The zero-order chi connectivity index (χ0) is 63.2. The summed E-state index contributed by atoms with van der Waals surface area (Å²) in [5, 5.41) is 25.7. The first-order chi connectivity index (χ1) is 43.0. The van der Waals surface area contributed by atoms with E-state index in [1.54, 1.807) is 0 Å². The Balaban J connectivity index is 1.10. The van der Waals surface area contributed by atoms with Gasteiger partial charge in [-0.1, -0.05) is 180 Å². The van der Waals surface area contributed by atoms with Crippen molar-refractivity contribution in [1.29, 1.82) is 10.5 Å². The Morgan fingerprint density at radius 3 is 1.12 bits per heavy atom. The van der Waals surface area contributed by atoms with Crippen molar-refractivity contribution in [3.05, 3.63) is 251 Å². The highest BCUT2D eigenvalue weighted by Gasteiger charge is 2.27. The molecule has 0 radical (unpaired) electrons. The molecule has 0 saturated heterocycles. The van der Waals surface area contributed by atoms with Gasteiger partial charge in [-0.3, -0.25) is 0 Å². The summed E-state index contributed by atoms with van der Waals surface area (Å²) in [5.41, 5.74) is 19.5. The molecule has 0 aliphatic carbocycles. The second-order valence-corrected chi connectivity index (χ2v) is 27.9. The molecular formula is C82H70N8. The first kappa shape index (κ1) is 58.3. The maximum atomic E-state index is 10.5. The standard InChI is InChI=1S/C82H70N8/c1-79(2,3)54-28-36-72-68(42-54)69-43-55(80(4,5)6)29-37-73(69)89(72)59-32-34-64(66(46-59)51-22-18-20-50(40-51)48-83)77-86-76(63-27-17-16-26-62(63)61-25-15-14-21-53(61)49-84)87-78(88-77)65-35-33-60(47-67(65)52-23-19-24-58(41-52)85-13)90-74-38-30-56(81(7,8)9)44-70(74)71-45-57(82(10,11)12)31-39-75(71)90/h14-47H,1-12H3. The molecule has 13 aromatic rings. The number of hydrogen-bond donors (Lipinski definition) is 0. The van der Waals surface area contributed by atoms with Gasteiger partial charge in [0.15, 0.2) is 23.2 Å². The van der Waals surface area contributed by atoms with Crippen molar-refractivity contribution in [3.63, 3.8) is 0 Å². The van der Waals surface area contributed by atoms with Crippen LogP contribution >= 0.6 is 0 Å². The van der Waals surface area contributed by atoms with Gasteiger partial charge in [0.05, 0.1) is 51.9 Å². The second-order valence-electron chi connectivity index (χ2n) is 27.9. The molecular weight excluding hydrogens is 1100 g/mol. The Morgan fingerprint density at radius 1 is 0.344 bits per heavy atom. The summed E-state index contributed by atoms with van der Waals surface area (Å²) >= 11 is 0. The van der Waals surface area contributed by atoms with Gasteiger partial charge >= 0.3 is 0 Å². The number of aromatic nitrogens is 5. The normalized spacial score (nSPS) is 12.2. The first-order valence-corrected chi connectivity index (χ1v) is 30.8. The number of nitriles is 2. The van der Waals surface area contributed by atoms with E-state index in [0.29, 0.717) is 39.9 Å². The Hall–Kier alpha value is -10.7. The minimum atomic E-state index is -0.0723. The Kier molecular flexibility index (Phi) is 14.2. The van der Waals surface area contributed by atoms with E-state index in [1.165, 1.54) is 43.8 Å². The average Bonchev–Trinajstić information content (AvgIpc) is 1.55. The topological polar surface area (TPSA) is 100 Å². The van der Waals surface area contributed by atoms with Crippen molar-refractivity contribution in [2.45, 2.75) is 105 Å². The highest BCUT2D eigenvalue weighted by molar-refractivity contribution is 6.11. The van der Waals surface area contributed by atoms with Crippen LogP contribution in [0.4, 0.5) is 5.69 Å². The molecule has 438 valence electrons. The molecule has 8 nitrogen and oxygen atoms in total. The van der Waals surface area contributed by atoms with Crippen LogP contribution in [0, 0.1) is 29.2 Å². The van der Waals surface area contributed by atoms with Crippen LogP contribution in [0.5, 0.6) is 0 Å². The third-order valence-corrected chi connectivity index (χ3v) is 17.7. The van der Waals surface area contributed by atoms with Gasteiger partial charge in [0.1, 0.15) is 0 Å². The van der Waals surface area contributed by atoms with Crippen LogP contribution in [0.1, 0.15) is 116 Å². The molecule has 0 amide bonds. The van der Waals surface area contributed by atoms with E-state index in [0.717, 1.165) is 77.9 Å². The number of hydrogen-bond acceptors (Lipinski definition) is 5. The average molecular weight is 1170 g/mol. The molecule has 0 aliphatic rings. The zero-order valence-corrected chi connectivity index (χ0v) is 53.2. The van der Waals surface area contributed by atoms with Crippen LogP contribution in [0.3, 0.4) is 0 Å². The zero-order valence-electron chi connectivity index (χ0n) is 53.2. The lowest BCUT2D eigenvalue weighted by Crippen LogP contribution is -2.10. The number of nitrogens with zero attached hydrogens (tertiary/aromatic N) is 8. The number of rotatable bonds is 8. The molecule has 8 heteroatoms. The molecule has 3 heterocycles. The third-order valence-electron chi connectivity index (χ3n) is 17.7. The van der Waals surface area contributed by atoms with E-state index in [4.69, 9.17) is 21.5 Å². The van der Waals surface area contributed by atoms with Gasteiger partial charge in [0.2, 0.25) is 0 Å². The molecule has 0 spiro atoms. The van der Waals surface area contributed by atoms with Crippen LogP contribution in [-0.4, -0.2) is 24.1 Å². The molecule has 0 aliphatic heterocycles. The molecule has 10 aromatic carbocycles. The lowest BCUT2D eigenvalue weighted by Gasteiger charge is -2.19. The maximum absolute atomic E-state index is 10.5. The van der Waals surface area contributed by atoms with Gasteiger partial charge in [-0.2, -0.15) is 10.5 Å². The summed E-state index contributed by atoms with van der Waals surface area (Å²) in [6, 6.07) is 76.3. The highest BCUT2D eigenvalue weighted by atomic mass is 15.0. The summed E-state index contributed by atoms with van der Waals surface area (Å²) in [7, 11) is 0. The molecule has 0 saturated carbocycles. The largest absolute Gasteiger partial charge is 0.309 e. The van der Waals surface area contributed by atoms with E-state index in [2.05, 4.69) is 218 Å². The van der Waals surface area contributed by atoms with E-state index < -0.39 is 0 Å². The molecule has 0 unspecified atom stereocenters. The van der Waals surface area contributed by atoms with Crippen molar-refractivity contribution < 1.29 is 0 Å². The predicted octanol–water partition coefficient (Wildman–Crippen LogP) is 21.6. The summed E-state index contributed by atoms with van der Waals surface area (Å²) in [5.74, 6) is 1.22. The molecule has 13 rings (SSSR count). The lowest BCUT2D eigenvalue weighted by atomic mass is 9.85. The van der Waals surface area contributed by atoms with Crippen molar-refractivity contribution >= 4 is 49.3 Å². The smallest absolute Gasteiger partial charge is 0.187 e. The molecule has 0 fully saturated rings. The van der Waals surface area contributed by atoms with Crippen molar-refractivity contribution in [2.75, 3.05) is 0 Å². The monoisotopic (exact) mass is 1170 g/mol. The van der Waals surface area contributed by atoms with E-state index in [9.17, 15) is 10.5 Å². The van der Waals surface area contributed by atoms with Gasteiger partial charge in [-0.25, -0.2) is 19.8 Å². The molecule has 0 bridgehead atoms. The number of fused-ring (bicyclic) bond motifs is 6. The summed E-state index contributed by atoms with van der Waals surface area (Å²) in [6.45, 7) is 35.3. The Labute approximate surface area is 527 Å². The summed E-state index contributed by atoms with van der Waals surface area (Å²) < 4.78 is 4.71. The SMILES string of the molecule is [C-]#[N+]c1cccc(-c2cc(-n3c4ccc(C(C)(C)C)cc4c4cc(C(C)(C)C)ccc43)ccc2-c2nc(-c3ccc(-n4c5ccc(C(C)(C)C)cc5c5cc(C(C)(C)C)ccc54)cc3-c3cccc(C#N)c3)nc(-c3ccccc3-c3ccccc3C#N)n2)c1. The Bertz CT molecular complexity index is 4800. The molecule has 0 N–H and O–H groups in total. The van der Waals surface area contributed by atoms with Crippen LogP contribution in [0.25, 0.3) is 127 Å². The second kappa shape index (κ2) is 21.8. The highest BCUT2D eigenvalue weighted by Crippen LogP contribution is 2.45. The van der Waals surface area contributed by atoms with E-state index in [-0.39, 0.29) is 21.7 Å². The van der Waals surface area contributed by atoms with Crippen LogP contribution in [-0.2, 0) is 21.7 Å². The van der Waals surface area contributed by atoms with Crippen LogP contribution in [0.15, 0.2) is 206 Å². The van der Waals surface area contributed by atoms with Crippen LogP contribution < -0.4 is 0 Å².